The molecule has 0 aliphatic carbocycles. The Morgan fingerprint density at radius 1 is 0.952 bits per heavy atom. The molecular weight excluding hydrogens is 442 g/mol. The molecule has 0 fully saturated rings. The summed E-state index contributed by atoms with van der Waals surface area (Å²) in [5.41, 5.74) is 3.48. The quantitative estimate of drug-likeness (QED) is 0.656. The molecule has 1 aromatic heterocycles. The maximum atomic E-state index is 10.0. The summed E-state index contributed by atoms with van der Waals surface area (Å²) in [6.45, 7) is 4.89. The van der Waals surface area contributed by atoms with E-state index in [4.69, 9.17) is 0 Å². The molecular formula is C17H19IrNO2+3. The van der Waals surface area contributed by atoms with Gasteiger partial charge in [0.05, 0.1) is 12.1 Å². The summed E-state index contributed by atoms with van der Waals surface area (Å²) in [7, 11) is 0. The van der Waals surface area contributed by atoms with Crippen LogP contribution in [0.4, 0.5) is 0 Å². The van der Waals surface area contributed by atoms with Gasteiger partial charge in [-0.1, -0.05) is 35.9 Å². The van der Waals surface area contributed by atoms with Gasteiger partial charge >= 0.3 is 20.1 Å². The predicted molar refractivity (Wildman–Crippen MR) is 80.4 cm³/mol. The molecule has 21 heavy (non-hydrogen) atoms. The zero-order chi connectivity index (χ0) is 15.0. The number of benzene rings is 1. The Morgan fingerprint density at radius 2 is 1.52 bits per heavy atom. The molecule has 0 saturated carbocycles. The maximum absolute atomic E-state index is 10.0. The third kappa shape index (κ3) is 8.28. The third-order valence-electron chi connectivity index (χ3n) is 2.51. The second-order valence-electron chi connectivity index (χ2n) is 4.66. The van der Waals surface area contributed by atoms with Crippen LogP contribution < -0.4 is 0 Å². The summed E-state index contributed by atoms with van der Waals surface area (Å²) in [5, 5.41) is 0. The van der Waals surface area contributed by atoms with Crippen molar-refractivity contribution >= 4 is 11.6 Å². The van der Waals surface area contributed by atoms with E-state index in [1.165, 1.54) is 25.0 Å². The van der Waals surface area contributed by atoms with Crippen molar-refractivity contribution in [2.75, 3.05) is 0 Å². The van der Waals surface area contributed by atoms with Gasteiger partial charge in [0.25, 0.3) is 0 Å². The van der Waals surface area contributed by atoms with Gasteiger partial charge in [-0.25, -0.2) is 0 Å². The summed E-state index contributed by atoms with van der Waals surface area (Å²) >= 11 is 0. The first kappa shape index (κ1) is 19.4. The van der Waals surface area contributed by atoms with E-state index in [0.717, 1.165) is 5.69 Å². The van der Waals surface area contributed by atoms with E-state index in [9.17, 15) is 9.59 Å². The van der Waals surface area contributed by atoms with Crippen molar-refractivity contribution in [2.45, 2.75) is 27.2 Å². The molecule has 0 atom stereocenters. The van der Waals surface area contributed by atoms with Crippen LogP contribution in [0.25, 0.3) is 11.3 Å². The number of Topliss-reactive ketones (excluding diaryl/α,β-unsaturated/α-hetero) is 2. The first-order valence-electron chi connectivity index (χ1n) is 6.46. The molecule has 0 spiro atoms. The largest absolute Gasteiger partial charge is 3.00 e. The molecule has 0 N–H and O–H groups in total. The van der Waals surface area contributed by atoms with Crippen molar-refractivity contribution in [3.05, 3.63) is 54.2 Å². The molecule has 1 heterocycles. The van der Waals surface area contributed by atoms with Crippen LogP contribution in [0.3, 0.4) is 0 Å². The number of rotatable bonds is 3. The van der Waals surface area contributed by atoms with Gasteiger partial charge in [-0.05, 0) is 32.9 Å². The molecule has 0 aliphatic rings. The molecule has 1 aromatic carbocycles. The smallest absolute Gasteiger partial charge is 0.300 e. The fourth-order valence-corrected chi connectivity index (χ4v) is 1.61. The molecule has 0 bridgehead atoms. The monoisotopic (exact) mass is 462 g/mol. The number of pyridine rings is 1. The molecule has 3 nitrogen and oxygen atoms in total. The van der Waals surface area contributed by atoms with Crippen molar-refractivity contribution in [3.63, 3.8) is 0 Å². The summed E-state index contributed by atoms with van der Waals surface area (Å²) in [4.78, 5) is 24.3. The minimum Gasteiger partial charge on any atom is -0.300 e. The van der Waals surface area contributed by atoms with Gasteiger partial charge in [0.15, 0.2) is 0 Å². The first-order chi connectivity index (χ1) is 9.49. The van der Waals surface area contributed by atoms with Gasteiger partial charge in [0.2, 0.25) is 0 Å². The van der Waals surface area contributed by atoms with Gasteiger partial charge < -0.3 is 0 Å². The van der Waals surface area contributed by atoms with Crippen LogP contribution in [0.2, 0.25) is 0 Å². The Hall–Kier alpha value is -1.64. The van der Waals surface area contributed by atoms with E-state index in [0.29, 0.717) is 0 Å². The minimum absolute atomic E-state index is 0. The van der Waals surface area contributed by atoms with Crippen LogP contribution >= 0.6 is 0 Å². The number of carbonyl (C=O) groups is 2. The SMILES string of the molecule is CC(=O)CC(C)=O.Cc1ccc(-c2ccccn2)cc1.[Ir+3]. The standard InChI is InChI=1S/C12H11N.C5H8O2.Ir/c1-10-5-7-11(8-6-10)12-4-2-3-9-13-12;1-4(6)3-5(2)7;/h2-9H,1H3;3H2,1-2H3;/q;;+3. The second-order valence-corrected chi connectivity index (χ2v) is 4.66. The van der Waals surface area contributed by atoms with Crippen molar-refractivity contribution in [2.24, 2.45) is 0 Å². The molecule has 110 valence electrons. The van der Waals surface area contributed by atoms with Crippen LogP contribution in [0.5, 0.6) is 0 Å². The third-order valence-corrected chi connectivity index (χ3v) is 2.51. The van der Waals surface area contributed by atoms with Crippen molar-refractivity contribution < 1.29 is 29.7 Å². The van der Waals surface area contributed by atoms with Gasteiger partial charge in [-0.2, -0.15) is 0 Å². The first-order valence-corrected chi connectivity index (χ1v) is 6.46. The number of hydrogen-bond acceptors (Lipinski definition) is 3. The molecule has 0 aliphatic heterocycles. The normalized spacial score (nSPS) is 8.90. The molecule has 0 saturated heterocycles. The Bertz CT molecular complexity index is 553. The van der Waals surface area contributed by atoms with E-state index in [-0.39, 0.29) is 38.1 Å². The maximum Gasteiger partial charge on any atom is 3.00 e. The number of carbonyl (C=O) groups excluding carboxylic acids is 2. The molecule has 0 radical (unpaired) electrons. The molecule has 2 aromatic rings. The summed E-state index contributed by atoms with van der Waals surface area (Å²) in [6.07, 6.45) is 1.90. The Kier molecular flexibility index (Phi) is 9.35. The Morgan fingerprint density at radius 3 is 1.90 bits per heavy atom. The Labute approximate surface area is 139 Å². The van der Waals surface area contributed by atoms with Gasteiger partial charge in [-0.15, -0.1) is 0 Å². The van der Waals surface area contributed by atoms with Crippen LogP contribution in [0.15, 0.2) is 48.7 Å². The van der Waals surface area contributed by atoms with E-state index < -0.39 is 0 Å². The average molecular weight is 462 g/mol. The van der Waals surface area contributed by atoms with E-state index in [1.807, 2.05) is 24.4 Å². The number of nitrogens with zero attached hydrogens (tertiary/aromatic N) is 1. The number of aryl methyl sites for hydroxylation is 1. The Balaban J connectivity index is 0.000000436. The summed E-state index contributed by atoms with van der Waals surface area (Å²) < 4.78 is 0. The van der Waals surface area contributed by atoms with E-state index >= 15 is 0 Å². The molecule has 0 unspecified atom stereocenters. The van der Waals surface area contributed by atoms with Crippen LogP contribution in [0, 0.1) is 6.92 Å². The van der Waals surface area contributed by atoms with E-state index in [2.05, 4.69) is 36.2 Å². The fraction of sp³-hybridized carbons (Fsp3) is 0.235. The van der Waals surface area contributed by atoms with Crippen molar-refractivity contribution in [3.8, 4) is 11.3 Å². The summed E-state index contributed by atoms with van der Waals surface area (Å²) in [6, 6.07) is 14.3. The second kappa shape index (κ2) is 10.1. The van der Waals surface area contributed by atoms with Crippen molar-refractivity contribution in [1.82, 2.24) is 4.98 Å². The molecule has 0 amide bonds. The van der Waals surface area contributed by atoms with E-state index in [1.54, 1.807) is 0 Å². The van der Waals surface area contributed by atoms with Crippen molar-refractivity contribution in [1.29, 1.82) is 0 Å². The van der Waals surface area contributed by atoms with Gasteiger partial charge in [0.1, 0.15) is 11.6 Å². The predicted octanol–water partition coefficient (Wildman–Crippen LogP) is 3.61. The van der Waals surface area contributed by atoms with Crippen LogP contribution in [-0.4, -0.2) is 16.6 Å². The fourth-order valence-electron chi connectivity index (χ4n) is 1.61. The summed E-state index contributed by atoms with van der Waals surface area (Å²) in [5.74, 6) is -0.125. The zero-order valence-electron chi connectivity index (χ0n) is 12.4. The molecule has 4 heteroatoms. The minimum atomic E-state index is -0.0625. The number of ketones is 2. The average Bonchev–Trinajstić information content (AvgIpc) is 2.40. The topological polar surface area (TPSA) is 47.0 Å². The van der Waals surface area contributed by atoms with Crippen LogP contribution in [-0.2, 0) is 29.7 Å². The zero-order valence-corrected chi connectivity index (χ0v) is 14.8. The molecule has 2 rings (SSSR count). The van der Waals surface area contributed by atoms with Crippen LogP contribution in [0.1, 0.15) is 25.8 Å². The number of hydrogen-bond donors (Lipinski definition) is 0. The van der Waals surface area contributed by atoms with Gasteiger partial charge in [0, 0.05) is 11.8 Å². The van der Waals surface area contributed by atoms with Gasteiger partial charge in [-0.3, -0.25) is 14.6 Å². The number of aromatic nitrogens is 1.